The number of piperazine rings is 1. The van der Waals surface area contributed by atoms with Crippen molar-refractivity contribution < 1.29 is 14.3 Å². The standard InChI is InChI=1S/C22H28N2O3.2ClH/c1-3-26-20-12-8-7-11-19(20)22(25)27-21(18-9-5-4-6-10-18)17-24-15-13-23(2)14-16-24;;/h4-12,21H,3,13-17H2,1-2H3;2*1H. The molecule has 0 radical (unpaired) electrons. The van der Waals surface area contributed by atoms with Gasteiger partial charge in [-0.25, -0.2) is 4.79 Å². The number of likely N-dealkylation sites (N-methyl/N-ethyl adjacent to an activating group) is 1. The maximum atomic E-state index is 12.9. The largest absolute Gasteiger partial charge is 0.493 e. The minimum atomic E-state index is -0.345. The average molecular weight is 441 g/mol. The number of halogens is 2. The summed E-state index contributed by atoms with van der Waals surface area (Å²) in [5.74, 6) is 0.221. The van der Waals surface area contributed by atoms with Gasteiger partial charge in [-0.3, -0.25) is 4.90 Å². The molecule has 0 spiro atoms. The van der Waals surface area contributed by atoms with Crippen molar-refractivity contribution >= 4 is 30.8 Å². The SMILES string of the molecule is CCOc1ccccc1C(=O)OC(CN1CCN(C)CC1)c1ccccc1.Cl.Cl. The molecule has 1 fully saturated rings. The van der Waals surface area contributed by atoms with E-state index >= 15 is 0 Å². The molecular formula is C22H30Cl2N2O3. The van der Waals surface area contributed by atoms with Gasteiger partial charge >= 0.3 is 5.97 Å². The van der Waals surface area contributed by atoms with Gasteiger partial charge in [0.15, 0.2) is 0 Å². The number of ether oxygens (including phenoxy) is 2. The van der Waals surface area contributed by atoms with Crippen molar-refractivity contribution in [2.24, 2.45) is 0 Å². The lowest BCUT2D eigenvalue weighted by Gasteiger charge is -2.34. The Morgan fingerprint density at radius 3 is 2.24 bits per heavy atom. The van der Waals surface area contributed by atoms with Crippen LogP contribution in [0.1, 0.15) is 28.9 Å². The van der Waals surface area contributed by atoms with Crippen LogP contribution in [0.15, 0.2) is 54.6 Å². The molecule has 1 unspecified atom stereocenters. The highest BCUT2D eigenvalue weighted by Gasteiger charge is 2.24. The van der Waals surface area contributed by atoms with Crippen LogP contribution < -0.4 is 4.74 Å². The van der Waals surface area contributed by atoms with Crippen LogP contribution in [-0.4, -0.2) is 62.1 Å². The lowest BCUT2D eigenvalue weighted by molar-refractivity contribution is 0.0144. The monoisotopic (exact) mass is 440 g/mol. The van der Waals surface area contributed by atoms with Crippen LogP contribution in [0.5, 0.6) is 5.75 Å². The van der Waals surface area contributed by atoms with Crippen molar-refractivity contribution in [1.82, 2.24) is 9.80 Å². The molecule has 1 aliphatic heterocycles. The molecule has 1 aliphatic rings. The van der Waals surface area contributed by atoms with Crippen LogP contribution >= 0.6 is 24.8 Å². The van der Waals surface area contributed by atoms with Gasteiger partial charge in [-0.15, -0.1) is 24.8 Å². The van der Waals surface area contributed by atoms with Crippen molar-refractivity contribution in [1.29, 1.82) is 0 Å². The van der Waals surface area contributed by atoms with Crippen LogP contribution in [0.4, 0.5) is 0 Å². The summed E-state index contributed by atoms with van der Waals surface area (Å²) in [6, 6.07) is 17.2. The van der Waals surface area contributed by atoms with E-state index < -0.39 is 0 Å². The predicted molar refractivity (Wildman–Crippen MR) is 121 cm³/mol. The van der Waals surface area contributed by atoms with Gasteiger partial charge in [-0.05, 0) is 31.7 Å². The summed E-state index contributed by atoms with van der Waals surface area (Å²) in [6.45, 7) is 7.13. The van der Waals surface area contributed by atoms with E-state index in [2.05, 4.69) is 16.8 Å². The summed E-state index contributed by atoms with van der Waals surface area (Å²) in [7, 11) is 2.14. The topological polar surface area (TPSA) is 42.0 Å². The molecule has 3 rings (SSSR count). The number of carbonyl (C=O) groups is 1. The van der Waals surface area contributed by atoms with Gasteiger partial charge in [0.05, 0.1) is 6.61 Å². The van der Waals surface area contributed by atoms with Gasteiger partial charge < -0.3 is 14.4 Å². The first kappa shape index (κ1) is 25.2. The molecule has 0 aliphatic carbocycles. The van der Waals surface area contributed by atoms with Gasteiger partial charge in [-0.2, -0.15) is 0 Å². The third-order valence-corrected chi connectivity index (χ3v) is 4.85. The Hall–Kier alpha value is -1.79. The number of para-hydroxylation sites is 1. The van der Waals surface area contributed by atoms with E-state index in [9.17, 15) is 4.79 Å². The zero-order valence-corrected chi connectivity index (χ0v) is 18.6. The highest BCUT2D eigenvalue weighted by Crippen LogP contribution is 2.25. The maximum Gasteiger partial charge on any atom is 0.342 e. The van der Waals surface area contributed by atoms with Gasteiger partial charge in [0.25, 0.3) is 0 Å². The number of rotatable bonds is 7. The summed E-state index contributed by atoms with van der Waals surface area (Å²) >= 11 is 0. The first-order valence-electron chi connectivity index (χ1n) is 9.56. The molecule has 0 saturated carbocycles. The molecule has 7 heteroatoms. The fourth-order valence-electron chi connectivity index (χ4n) is 3.25. The molecule has 0 amide bonds. The second-order valence-electron chi connectivity index (χ2n) is 6.84. The Morgan fingerprint density at radius 1 is 0.966 bits per heavy atom. The molecule has 2 aromatic rings. The normalized spacial score (nSPS) is 15.5. The van der Waals surface area contributed by atoms with E-state index in [1.807, 2.05) is 49.4 Å². The van der Waals surface area contributed by atoms with E-state index in [0.717, 1.165) is 31.7 Å². The lowest BCUT2D eigenvalue weighted by Crippen LogP contribution is -2.46. The molecule has 1 heterocycles. The highest BCUT2D eigenvalue weighted by atomic mass is 35.5. The molecule has 1 saturated heterocycles. The Bertz CT molecular complexity index is 738. The van der Waals surface area contributed by atoms with Crippen LogP contribution in [0.25, 0.3) is 0 Å². The first-order chi connectivity index (χ1) is 13.2. The quantitative estimate of drug-likeness (QED) is 0.606. The third kappa shape index (κ3) is 7.19. The number of carbonyl (C=O) groups excluding carboxylic acids is 1. The van der Waals surface area contributed by atoms with Crippen molar-refractivity contribution in [3.63, 3.8) is 0 Å². The second kappa shape index (κ2) is 12.7. The maximum absolute atomic E-state index is 12.9. The van der Waals surface area contributed by atoms with Gasteiger partial charge in [0.2, 0.25) is 0 Å². The van der Waals surface area contributed by atoms with Gasteiger partial charge in [-0.1, -0.05) is 42.5 Å². The first-order valence-corrected chi connectivity index (χ1v) is 9.56. The van der Waals surface area contributed by atoms with Gasteiger partial charge in [0, 0.05) is 32.7 Å². The number of hydrogen-bond donors (Lipinski definition) is 0. The van der Waals surface area contributed by atoms with Crippen molar-refractivity contribution in [3.05, 3.63) is 65.7 Å². The summed E-state index contributed by atoms with van der Waals surface area (Å²) in [6.07, 6.45) is -0.309. The van der Waals surface area contributed by atoms with E-state index in [4.69, 9.17) is 9.47 Å². The lowest BCUT2D eigenvalue weighted by atomic mass is 10.1. The Kier molecular flexibility index (Phi) is 11.1. The molecule has 0 bridgehead atoms. The Balaban J connectivity index is 0.00000210. The molecule has 0 N–H and O–H groups in total. The number of hydrogen-bond acceptors (Lipinski definition) is 5. The van der Waals surface area contributed by atoms with E-state index in [1.165, 1.54) is 0 Å². The Morgan fingerprint density at radius 2 is 1.59 bits per heavy atom. The minimum Gasteiger partial charge on any atom is -0.493 e. The Labute approximate surface area is 185 Å². The van der Waals surface area contributed by atoms with Crippen LogP contribution in [0.3, 0.4) is 0 Å². The molecule has 29 heavy (non-hydrogen) atoms. The highest BCUT2D eigenvalue weighted by molar-refractivity contribution is 5.92. The zero-order chi connectivity index (χ0) is 19.1. The summed E-state index contributed by atoms with van der Waals surface area (Å²) in [4.78, 5) is 17.6. The fourth-order valence-corrected chi connectivity index (χ4v) is 3.25. The molecule has 2 aromatic carbocycles. The second-order valence-corrected chi connectivity index (χ2v) is 6.84. The number of esters is 1. The van der Waals surface area contributed by atoms with E-state index in [0.29, 0.717) is 24.5 Å². The van der Waals surface area contributed by atoms with Crippen LogP contribution in [0, 0.1) is 0 Å². The average Bonchev–Trinajstić information content (AvgIpc) is 2.70. The van der Waals surface area contributed by atoms with Crippen LogP contribution in [0.2, 0.25) is 0 Å². The third-order valence-electron chi connectivity index (χ3n) is 4.85. The summed E-state index contributed by atoms with van der Waals surface area (Å²) in [5.41, 5.74) is 1.48. The van der Waals surface area contributed by atoms with Crippen molar-refractivity contribution in [2.45, 2.75) is 13.0 Å². The van der Waals surface area contributed by atoms with Crippen molar-refractivity contribution in [2.75, 3.05) is 46.4 Å². The molecule has 5 nitrogen and oxygen atoms in total. The number of nitrogens with zero attached hydrogens (tertiary/aromatic N) is 2. The minimum absolute atomic E-state index is 0. The molecule has 160 valence electrons. The fraction of sp³-hybridized carbons (Fsp3) is 0.409. The van der Waals surface area contributed by atoms with Crippen LogP contribution in [-0.2, 0) is 4.74 Å². The zero-order valence-electron chi connectivity index (χ0n) is 17.0. The smallest absolute Gasteiger partial charge is 0.342 e. The van der Waals surface area contributed by atoms with Crippen molar-refractivity contribution in [3.8, 4) is 5.75 Å². The summed E-state index contributed by atoms with van der Waals surface area (Å²) in [5, 5.41) is 0. The van der Waals surface area contributed by atoms with E-state index in [-0.39, 0.29) is 36.9 Å². The van der Waals surface area contributed by atoms with E-state index in [1.54, 1.807) is 12.1 Å². The predicted octanol–water partition coefficient (Wildman–Crippen LogP) is 4.07. The molecular weight excluding hydrogens is 411 g/mol. The van der Waals surface area contributed by atoms with Gasteiger partial charge in [0.1, 0.15) is 17.4 Å². The number of benzene rings is 2. The molecule has 1 atom stereocenters. The summed E-state index contributed by atoms with van der Waals surface area (Å²) < 4.78 is 11.6. The molecule has 0 aromatic heterocycles.